The van der Waals surface area contributed by atoms with Crippen LogP contribution in [0.2, 0.25) is 0 Å². The number of ether oxygens (including phenoxy) is 2. The van der Waals surface area contributed by atoms with Crippen LogP contribution in [0.15, 0.2) is 30.3 Å². The van der Waals surface area contributed by atoms with Gasteiger partial charge in [-0.1, -0.05) is 0 Å². The van der Waals surface area contributed by atoms with Crippen molar-refractivity contribution >= 4 is 39.1 Å². The van der Waals surface area contributed by atoms with Crippen LogP contribution in [-0.2, 0) is 9.53 Å². The highest BCUT2D eigenvalue weighted by Gasteiger charge is 2.27. The molecule has 7 nitrogen and oxygen atoms in total. The number of carbonyl (C=O) groups is 2. The lowest BCUT2D eigenvalue weighted by Crippen LogP contribution is -2.40. The number of anilines is 1. The van der Waals surface area contributed by atoms with Crippen molar-refractivity contribution in [2.75, 3.05) is 38.7 Å². The fourth-order valence-corrected chi connectivity index (χ4v) is 4.72. The number of aryl methyl sites for hydroxylation is 1. The summed E-state index contributed by atoms with van der Waals surface area (Å²) in [4.78, 5) is 32.9. The summed E-state index contributed by atoms with van der Waals surface area (Å²) < 4.78 is 10.6. The van der Waals surface area contributed by atoms with Crippen molar-refractivity contribution < 1.29 is 19.1 Å². The Hall–Kier alpha value is -2.97. The predicted molar refractivity (Wildman–Crippen MR) is 117 cm³/mol. The highest BCUT2D eigenvalue weighted by atomic mass is 32.1. The van der Waals surface area contributed by atoms with Gasteiger partial charge < -0.3 is 19.7 Å². The van der Waals surface area contributed by atoms with E-state index in [0.29, 0.717) is 36.9 Å². The quantitative estimate of drug-likeness (QED) is 0.689. The van der Waals surface area contributed by atoms with Crippen LogP contribution in [0.5, 0.6) is 5.75 Å². The van der Waals surface area contributed by atoms with Gasteiger partial charge in [-0.2, -0.15) is 0 Å². The van der Waals surface area contributed by atoms with Gasteiger partial charge in [-0.3, -0.25) is 9.59 Å². The number of methoxy groups -OCH3 is 1. The lowest BCUT2D eigenvalue weighted by molar-refractivity contribution is -0.114. The Kier molecular flexibility index (Phi) is 5.69. The molecule has 156 valence electrons. The maximum absolute atomic E-state index is 13.2. The number of nitrogens with one attached hydrogen (secondary N) is 1. The Balaban J connectivity index is 1.82. The first-order valence-electron chi connectivity index (χ1n) is 9.71. The minimum absolute atomic E-state index is 0.101. The van der Waals surface area contributed by atoms with Crippen molar-refractivity contribution in [3.8, 4) is 17.0 Å². The van der Waals surface area contributed by atoms with Crippen LogP contribution in [0.25, 0.3) is 21.5 Å². The molecular weight excluding hydrogens is 402 g/mol. The molecule has 0 bridgehead atoms. The van der Waals surface area contributed by atoms with E-state index >= 15 is 0 Å². The Morgan fingerprint density at radius 3 is 2.53 bits per heavy atom. The third-order valence-electron chi connectivity index (χ3n) is 5.04. The van der Waals surface area contributed by atoms with Crippen molar-refractivity contribution in [3.05, 3.63) is 40.8 Å². The molecule has 30 heavy (non-hydrogen) atoms. The van der Waals surface area contributed by atoms with Gasteiger partial charge >= 0.3 is 0 Å². The van der Waals surface area contributed by atoms with E-state index in [2.05, 4.69) is 5.32 Å². The van der Waals surface area contributed by atoms with Crippen molar-refractivity contribution in [1.82, 2.24) is 9.88 Å². The number of aromatic nitrogens is 1. The molecule has 1 N–H and O–H groups in total. The van der Waals surface area contributed by atoms with Gasteiger partial charge in [0, 0.05) is 31.0 Å². The highest BCUT2D eigenvalue weighted by Crippen LogP contribution is 2.39. The molecule has 0 radical (unpaired) electrons. The highest BCUT2D eigenvalue weighted by molar-refractivity contribution is 7.21. The number of benzene rings is 1. The maximum atomic E-state index is 13.2. The zero-order valence-corrected chi connectivity index (χ0v) is 18.0. The Morgan fingerprint density at radius 2 is 1.90 bits per heavy atom. The summed E-state index contributed by atoms with van der Waals surface area (Å²) in [5.41, 5.74) is 3.26. The van der Waals surface area contributed by atoms with E-state index in [9.17, 15) is 9.59 Å². The molecule has 0 aliphatic carbocycles. The fraction of sp³-hybridized carbons (Fsp3) is 0.318. The largest absolute Gasteiger partial charge is 0.497 e. The van der Waals surface area contributed by atoms with Crippen molar-refractivity contribution in [2.24, 2.45) is 0 Å². The maximum Gasteiger partial charge on any atom is 0.266 e. The lowest BCUT2D eigenvalue weighted by atomic mass is 10.1. The van der Waals surface area contributed by atoms with E-state index in [1.54, 1.807) is 12.0 Å². The number of nitrogens with zero attached hydrogens (tertiary/aromatic N) is 2. The molecule has 0 saturated carbocycles. The SMILES string of the molecule is COc1ccc(-c2cc(C)c3c(NC(C)=O)c(C(=O)N4CCOCC4)sc3n2)cc1. The molecule has 8 heteroatoms. The smallest absolute Gasteiger partial charge is 0.266 e. The van der Waals surface area contributed by atoms with Gasteiger partial charge in [0.15, 0.2) is 0 Å². The van der Waals surface area contributed by atoms with Crippen LogP contribution >= 0.6 is 11.3 Å². The summed E-state index contributed by atoms with van der Waals surface area (Å²) in [5.74, 6) is 0.457. The number of fused-ring (bicyclic) bond motifs is 1. The van der Waals surface area contributed by atoms with Gasteiger partial charge in [-0.25, -0.2) is 4.98 Å². The number of hydrogen-bond donors (Lipinski definition) is 1. The molecule has 0 unspecified atom stereocenters. The third-order valence-corrected chi connectivity index (χ3v) is 6.11. The summed E-state index contributed by atoms with van der Waals surface area (Å²) >= 11 is 1.32. The summed E-state index contributed by atoms with van der Waals surface area (Å²) in [6, 6.07) is 9.66. The molecule has 3 aromatic rings. The molecule has 2 aromatic heterocycles. The number of pyridine rings is 1. The summed E-state index contributed by atoms with van der Waals surface area (Å²) in [6.45, 7) is 5.53. The van der Waals surface area contributed by atoms with Crippen molar-refractivity contribution in [1.29, 1.82) is 0 Å². The monoisotopic (exact) mass is 425 g/mol. The number of morpholine rings is 1. The van der Waals surface area contributed by atoms with Crippen LogP contribution in [0.4, 0.5) is 5.69 Å². The van der Waals surface area contributed by atoms with Crippen LogP contribution in [0.3, 0.4) is 0 Å². The zero-order chi connectivity index (χ0) is 21.3. The van der Waals surface area contributed by atoms with Gasteiger partial charge in [0.2, 0.25) is 5.91 Å². The van der Waals surface area contributed by atoms with Gasteiger partial charge in [0.25, 0.3) is 5.91 Å². The standard InChI is InChI=1S/C22H23N3O4S/c1-13-12-17(15-4-6-16(28-3)7-5-15)24-21-18(13)19(23-14(2)26)20(30-21)22(27)25-8-10-29-11-9-25/h4-7,12H,8-11H2,1-3H3,(H,23,26). The first-order chi connectivity index (χ1) is 14.5. The summed E-state index contributed by atoms with van der Waals surface area (Å²) in [5, 5.41) is 3.68. The van der Waals surface area contributed by atoms with E-state index < -0.39 is 0 Å². The van der Waals surface area contributed by atoms with Crippen LogP contribution in [-0.4, -0.2) is 55.1 Å². The molecule has 1 aromatic carbocycles. The van der Waals surface area contributed by atoms with Crippen LogP contribution in [0.1, 0.15) is 22.2 Å². The van der Waals surface area contributed by atoms with E-state index in [-0.39, 0.29) is 11.8 Å². The molecule has 1 fully saturated rings. The molecule has 3 heterocycles. The Morgan fingerprint density at radius 1 is 1.20 bits per heavy atom. The van der Waals surface area contributed by atoms with Gasteiger partial charge in [-0.05, 0) is 42.8 Å². The average Bonchev–Trinajstić information content (AvgIpc) is 3.12. The number of thiophene rings is 1. The fourth-order valence-electron chi connectivity index (χ4n) is 3.55. The van der Waals surface area contributed by atoms with Crippen molar-refractivity contribution in [3.63, 3.8) is 0 Å². The van der Waals surface area contributed by atoms with Gasteiger partial charge in [0.1, 0.15) is 15.5 Å². The topological polar surface area (TPSA) is 80.8 Å². The second-order valence-electron chi connectivity index (χ2n) is 7.12. The normalized spacial score (nSPS) is 14.0. The van der Waals surface area contributed by atoms with Crippen LogP contribution < -0.4 is 10.1 Å². The van der Waals surface area contributed by atoms with Gasteiger partial charge in [0.05, 0.1) is 31.7 Å². The first-order valence-corrected chi connectivity index (χ1v) is 10.5. The second kappa shape index (κ2) is 8.41. The van der Waals surface area contributed by atoms with E-state index in [0.717, 1.165) is 32.8 Å². The lowest BCUT2D eigenvalue weighted by Gasteiger charge is -2.26. The first kappa shape index (κ1) is 20.3. The van der Waals surface area contributed by atoms with E-state index in [1.807, 2.05) is 37.3 Å². The molecule has 4 rings (SSSR count). The molecular formula is C22H23N3O4S. The average molecular weight is 426 g/mol. The Bertz CT molecular complexity index is 1100. The second-order valence-corrected chi connectivity index (χ2v) is 8.12. The number of hydrogen-bond acceptors (Lipinski definition) is 6. The van der Waals surface area contributed by atoms with E-state index in [1.165, 1.54) is 18.3 Å². The molecule has 1 aliphatic heterocycles. The van der Waals surface area contributed by atoms with Crippen molar-refractivity contribution in [2.45, 2.75) is 13.8 Å². The number of carbonyl (C=O) groups excluding carboxylic acids is 2. The van der Waals surface area contributed by atoms with Crippen LogP contribution in [0, 0.1) is 6.92 Å². The number of amides is 2. The molecule has 0 atom stereocenters. The molecule has 0 spiro atoms. The zero-order valence-electron chi connectivity index (χ0n) is 17.2. The predicted octanol–water partition coefficient (Wildman–Crippen LogP) is 3.71. The minimum Gasteiger partial charge on any atom is -0.497 e. The molecule has 1 aliphatic rings. The summed E-state index contributed by atoms with van der Waals surface area (Å²) in [6.07, 6.45) is 0. The number of rotatable bonds is 4. The summed E-state index contributed by atoms with van der Waals surface area (Å²) in [7, 11) is 1.63. The third kappa shape index (κ3) is 3.88. The van der Waals surface area contributed by atoms with Gasteiger partial charge in [-0.15, -0.1) is 11.3 Å². The minimum atomic E-state index is -0.218. The molecule has 1 saturated heterocycles. The Labute approximate surface area is 178 Å². The molecule has 2 amide bonds. The van der Waals surface area contributed by atoms with E-state index in [4.69, 9.17) is 14.5 Å².